The first kappa shape index (κ1) is 27.1. The van der Waals surface area contributed by atoms with E-state index < -0.39 is 0 Å². The van der Waals surface area contributed by atoms with E-state index in [4.69, 9.17) is 4.42 Å². The van der Waals surface area contributed by atoms with Crippen molar-refractivity contribution >= 4 is 65.6 Å². The maximum absolute atomic E-state index is 10.8. The second kappa shape index (κ2) is 10.2. The molecule has 0 fully saturated rings. The van der Waals surface area contributed by atoms with Gasteiger partial charge in [0.1, 0.15) is 23.3 Å². The molecule has 5 nitrogen and oxygen atoms in total. The van der Waals surface area contributed by atoms with Gasteiger partial charge in [0, 0.05) is 26.9 Å². The van der Waals surface area contributed by atoms with Crippen LogP contribution in [-0.2, 0) is 0 Å². The van der Waals surface area contributed by atoms with Crippen LogP contribution in [0, 0.1) is 22.7 Å². The Hall–Kier alpha value is -7.08. The number of nitriles is 2. The van der Waals surface area contributed by atoms with Crippen LogP contribution in [0.3, 0.4) is 0 Å². The molecule has 7 aromatic carbocycles. The van der Waals surface area contributed by atoms with Gasteiger partial charge in [0.05, 0.1) is 50.0 Å². The number of aromatic nitrogens is 2. The highest BCUT2D eigenvalue weighted by atomic mass is 16.3. The first-order valence-electron chi connectivity index (χ1n) is 16.1. The third-order valence-corrected chi connectivity index (χ3v) is 9.81. The van der Waals surface area contributed by atoms with Crippen LogP contribution in [0.1, 0.15) is 11.1 Å². The molecule has 0 aliphatic rings. The largest absolute Gasteiger partial charge is 0.455 e. The van der Waals surface area contributed by atoms with Crippen molar-refractivity contribution in [1.82, 2.24) is 9.13 Å². The lowest BCUT2D eigenvalue weighted by molar-refractivity contribution is 0.673. The molecular weight excluding hydrogens is 601 g/mol. The molecule has 0 radical (unpaired) electrons. The lowest BCUT2D eigenvalue weighted by Gasteiger charge is -2.19. The van der Waals surface area contributed by atoms with Gasteiger partial charge in [0.15, 0.2) is 0 Å². The Morgan fingerprint density at radius 2 is 1.12 bits per heavy atom. The van der Waals surface area contributed by atoms with E-state index >= 15 is 0 Å². The molecule has 3 heterocycles. The Labute approximate surface area is 280 Å². The summed E-state index contributed by atoms with van der Waals surface area (Å²) in [6.07, 6.45) is 0. The molecule has 226 valence electrons. The molecule has 0 spiro atoms. The van der Waals surface area contributed by atoms with Crippen molar-refractivity contribution in [2.45, 2.75) is 0 Å². The van der Waals surface area contributed by atoms with Crippen LogP contribution in [0.5, 0.6) is 0 Å². The van der Waals surface area contributed by atoms with Gasteiger partial charge in [0.2, 0.25) is 0 Å². The Morgan fingerprint density at radius 1 is 0.469 bits per heavy atom. The fourth-order valence-electron chi connectivity index (χ4n) is 7.71. The SMILES string of the molecule is N#Cc1ccc(-n2c3ccc(-c4ccccc4)cc3c3c4oc5ccccc5c4ccc32)c(-n2c3ccccc3c3ccccc32)c1C#N. The van der Waals surface area contributed by atoms with Gasteiger partial charge in [0.25, 0.3) is 0 Å². The molecule has 0 unspecified atom stereocenters. The first-order chi connectivity index (χ1) is 24.2. The third-order valence-electron chi connectivity index (χ3n) is 9.81. The van der Waals surface area contributed by atoms with E-state index in [0.29, 0.717) is 16.8 Å². The van der Waals surface area contributed by atoms with Gasteiger partial charge in [-0.2, -0.15) is 10.5 Å². The van der Waals surface area contributed by atoms with Crippen molar-refractivity contribution < 1.29 is 4.42 Å². The minimum Gasteiger partial charge on any atom is -0.455 e. The molecule has 0 bridgehead atoms. The van der Waals surface area contributed by atoms with E-state index in [0.717, 1.165) is 82.4 Å². The summed E-state index contributed by atoms with van der Waals surface area (Å²) in [5.41, 5.74) is 9.83. The maximum atomic E-state index is 10.8. The van der Waals surface area contributed by atoms with Crippen LogP contribution in [0.2, 0.25) is 0 Å². The topological polar surface area (TPSA) is 70.6 Å². The summed E-state index contributed by atoms with van der Waals surface area (Å²) in [6.45, 7) is 0. The highest BCUT2D eigenvalue weighted by Crippen LogP contribution is 2.44. The lowest BCUT2D eigenvalue weighted by atomic mass is 10.0. The number of hydrogen-bond donors (Lipinski definition) is 0. The van der Waals surface area contributed by atoms with Gasteiger partial charge in [-0.25, -0.2) is 0 Å². The smallest absolute Gasteiger partial charge is 0.145 e. The minimum atomic E-state index is 0.326. The average Bonchev–Trinajstić information content (AvgIpc) is 3.82. The zero-order valence-corrected chi connectivity index (χ0v) is 26.1. The summed E-state index contributed by atoms with van der Waals surface area (Å²) in [5.74, 6) is 0. The van der Waals surface area contributed by atoms with Gasteiger partial charge in [-0.15, -0.1) is 0 Å². The van der Waals surface area contributed by atoms with E-state index in [1.807, 2.05) is 54.6 Å². The normalized spacial score (nSPS) is 11.6. The maximum Gasteiger partial charge on any atom is 0.145 e. The molecule has 0 saturated heterocycles. The van der Waals surface area contributed by atoms with Crippen molar-refractivity contribution in [3.8, 4) is 34.6 Å². The van der Waals surface area contributed by atoms with Gasteiger partial charge in [-0.3, -0.25) is 0 Å². The minimum absolute atomic E-state index is 0.326. The van der Waals surface area contributed by atoms with Gasteiger partial charge < -0.3 is 13.6 Å². The van der Waals surface area contributed by atoms with Crippen LogP contribution in [0.25, 0.3) is 88.1 Å². The Morgan fingerprint density at radius 3 is 1.86 bits per heavy atom. The van der Waals surface area contributed by atoms with Gasteiger partial charge in [-0.05, 0) is 65.7 Å². The summed E-state index contributed by atoms with van der Waals surface area (Å²) in [5, 5.41) is 27.3. The molecule has 0 aliphatic heterocycles. The molecule has 0 amide bonds. The molecular formula is C44H24N4O. The molecule has 0 aliphatic carbocycles. The molecule has 0 saturated carbocycles. The molecule has 10 rings (SSSR count). The Balaban J connectivity index is 1.41. The van der Waals surface area contributed by atoms with E-state index in [-0.39, 0.29) is 0 Å². The van der Waals surface area contributed by atoms with E-state index in [9.17, 15) is 10.5 Å². The van der Waals surface area contributed by atoms with Crippen molar-refractivity contribution in [3.05, 3.63) is 157 Å². The second-order valence-electron chi connectivity index (χ2n) is 12.3. The fourth-order valence-corrected chi connectivity index (χ4v) is 7.71. The number of hydrogen-bond acceptors (Lipinski definition) is 3. The standard InChI is InChI=1S/C44H24N4O/c45-25-29-19-22-40(43(35(29)26-46)48-36-15-7-4-12-30(36)31-13-5-8-16-37(31)48)47-38-21-18-28(27-10-2-1-3-11-27)24-34(38)42-39(47)23-20-33-32-14-6-9-17-41(32)49-44(33)42/h1-24H. The zero-order valence-electron chi connectivity index (χ0n) is 26.1. The molecule has 5 heteroatoms. The molecule has 0 atom stereocenters. The number of nitrogens with zero attached hydrogens (tertiary/aromatic N) is 4. The number of benzene rings is 7. The van der Waals surface area contributed by atoms with E-state index in [1.165, 1.54) is 0 Å². The molecule has 3 aromatic heterocycles. The Bertz CT molecular complexity index is 3020. The zero-order chi connectivity index (χ0) is 32.6. The fraction of sp³-hybridized carbons (Fsp3) is 0. The average molecular weight is 625 g/mol. The van der Waals surface area contributed by atoms with Crippen molar-refractivity contribution in [2.24, 2.45) is 0 Å². The van der Waals surface area contributed by atoms with Crippen LogP contribution >= 0.6 is 0 Å². The molecule has 10 aromatic rings. The van der Waals surface area contributed by atoms with Gasteiger partial charge in [-0.1, -0.05) is 91.0 Å². The predicted octanol–water partition coefficient (Wildman–Crippen LogP) is 11.2. The van der Waals surface area contributed by atoms with Crippen LogP contribution < -0.4 is 0 Å². The quantitative estimate of drug-likeness (QED) is 0.196. The summed E-state index contributed by atoms with van der Waals surface area (Å²) < 4.78 is 11.0. The summed E-state index contributed by atoms with van der Waals surface area (Å²) in [6, 6.07) is 54.3. The van der Waals surface area contributed by atoms with Crippen molar-refractivity contribution in [2.75, 3.05) is 0 Å². The van der Waals surface area contributed by atoms with Crippen molar-refractivity contribution in [1.29, 1.82) is 10.5 Å². The van der Waals surface area contributed by atoms with Crippen molar-refractivity contribution in [3.63, 3.8) is 0 Å². The third kappa shape index (κ3) is 3.73. The first-order valence-corrected chi connectivity index (χ1v) is 16.1. The monoisotopic (exact) mass is 624 g/mol. The lowest BCUT2D eigenvalue weighted by Crippen LogP contribution is -2.07. The summed E-state index contributed by atoms with van der Waals surface area (Å²) >= 11 is 0. The predicted molar refractivity (Wildman–Crippen MR) is 197 cm³/mol. The number of furan rings is 1. The van der Waals surface area contributed by atoms with E-state index in [2.05, 4.69) is 106 Å². The Kier molecular flexibility index (Phi) is 5.64. The highest BCUT2D eigenvalue weighted by Gasteiger charge is 2.25. The number of rotatable bonds is 3. The van der Waals surface area contributed by atoms with Crippen LogP contribution in [0.15, 0.2) is 150 Å². The van der Waals surface area contributed by atoms with E-state index in [1.54, 1.807) is 6.07 Å². The molecule has 0 N–H and O–H groups in total. The highest BCUT2D eigenvalue weighted by molar-refractivity contribution is 6.24. The summed E-state index contributed by atoms with van der Waals surface area (Å²) in [4.78, 5) is 0. The van der Waals surface area contributed by atoms with Gasteiger partial charge >= 0.3 is 0 Å². The number of fused-ring (bicyclic) bond motifs is 10. The van der Waals surface area contributed by atoms with Crippen LogP contribution in [0.4, 0.5) is 0 Å². The summed E-state index contributed by atoms with van der Waals surface area (Å²) in [7, 11) is 0. The second-order valence-corrected chi connectivity index (χ2v) is 12.3. The molecule has 49 heavy (non-hydrogen) atoms. The number of para-hydroxylation sites is 3. The van der Waals surface area contributed by atoms with Crippen LogP contribution in [-0.4, -0.2) is 9.13 Å².